The molecule has 0 saturated carbocycles. The van der Waals surface area contributed by atoms with Crippen LogP contribution < -0.4 is 14.8 Å². The maximum atomic E-state index is 12.6. The molecule has 0 aliphatic rings. The van der Waals surface area contributed by atoms with Gasteiger partial charge in [0.2, 0.25) is 0 Å². The number of hydrogen-bond donors (Lipinski definition) is 2. The summed E-state index contributed by atoms with van der Waals surface area (Å²) >= 11 is 0. The number of rotatable bonds is 8. The highest BCUT2D eigenvalue weighted by molar-refractivity contribution is 6.03. The van der Waals surface area contributed by atoms with Crippen LogP contribution in [0.5, 0.6) is 11.5 Å². The molecule has 4 rings (SSSR count). The van der Waals surface area contributed by atoms with Crippen LogP contribution in [0.15, 0.2) is 53.1 Å². The molecular weight excluding hydrogens is 410 g/mol. The van der Waals surface area contributed by atoms with Gasteiger partial charge in [-0.2, -0.15) is 10.1 Å². The van der Waals surface area contributed by atoms with Gasteiger partial charge in [-0.15, -0.1) is 0 Å². The third kappa shape index (κ3) is 4.94. The average molecular weight is 433 g/mol. The number of aromatic amines is 1. The van der Waals surface area contributed by atoms with Crippen LogP contribution in [0.2, 0.25) is 0 Å². The molecule has 9 heteroatoms. The molecule has 0 fully saturated rings. The predicted molar refractivity (Wildman–Crippen MR) is 118 cm³/mol. The van der Waals surface area contributed by atoms with E-state index in [-0.39, 0.29) is 5.91 Å². The van der Waals surface area contributed by atoms with Crippen molar-refractivity contribution in [1.82, 2.24) is 20.3 Å². The van der Waals surface area contributed by atoms with Crippen LogP contribution in [0.25, 0.3) is 11.5 Å². The van der Waals surface area contributed by atoms with Gasteiger partial charge in [-0.1, -0.05) is 5.16 Å². The lowest BCUT2D eigenvalue weighted by Gasteiger charge is -2.08. The van der Waals surface area contributed by atoms with Gasteiger partial charge in [0.15, 0.2) is 11.6 Å². The Morgan fingerprint density at radius 2 is 1.75 bits per heavy atom. The van der Waals surface area contributed by atoms with Gasteiger partial charge in [-0.05, 0) is 61.7 Å². The summed E-state index contributed by atoms with van der Waals surface area (Å²) in [7, 11) is 3.25. The van der Waals surface area contributed by atoms with Crippen molar-refractivity contribution in [2.75, 3.05) is 19.5 Å². The lowest BCUT2D eigenvalue weighted by molar-refractivity contribution is 0.102. The fraction of sp³-hybridized carbons (Fsp3) is 0.217. The number of carbonyl (C=O) groups is 1. The number of H-pyrrole nitrogens is 1. The van der Waals surface area contributed by atoms with Gasteiger partial charge >= 0.3 is 0 Å². The predicted octanol–water partition coefficient (Wildman–Crippen LogP) is 3.82. The molecular formula is C23H23N5O4. The first-order valence-electron chi connectivity index (χ1n) is 10.0. The van der Waals surface area contributed by atoms with E-state index in [1.807, 2.05) is 24.3 Å². The third-order valence-corrected chi connectivity index (χ3v) is 4.89. The zero-order valence-electron chi connectivity index (χ0n) is 18.0. The van der Waals surface area contributed by atoms with E-state index in [0.717, 1.165) is 41.2 Å². The maximum absolute atomic E-state index is 12.6. The second-order valence-corrected chi connectivity index (χ2v) is 7.18. The number of nitrogens with zero attached hydrogens (tertiary/aromatic N) is 3. The second kappa shape index (κ2) is 9.34. The zero-order chi connectivity index (χ0) is 22.5. The first kappa shape index (κ1) is 21.1. The van der Waals surface area contributed by atoms with Crippen LogP contribution in [0.1, 0.15) is 27.4 Å². The summed E-state index contributed by atoms with van der Waals surface area (Å²) in [5.41, 5.74) is 3.23. The number of ether oxygens (including phenoxy) is 2. The van der Waals surface area contributed by atoms with Gasteiger partial charge in [0.1, 0.15) is 11.5 Å². The zero-order valence-corrected chi connectivity index (χ0v) is 18.0. The Bertz CT molecular complexity index is 1190. The number of nitrogens with one attached hydrogen (secondary N) is 2. The molecule has 0 spiro atoms. The Hall–Kier alpha value is -4.14. The summed E-state index contributed by atoms with van der Waals surface area (Å²) in [6.07, 6.45) is 1.48. The molecule has 0 radical (unpaired) electrons. The molecule has 0 aliphatic heterocycles. The molecule has 9 nitrogen and oxygen atoms in total. The molecule has 2 aromatic heterocycles. The van der Waals surface area contributed by atoms with Crippen molar-refractivity contribution in [2.45, 2.75) is 19.8 Å². The van der Waals surface area contributed by atoms with Gasteiger partial charge in [0, 0.05) is 29.0 Å². The lowest BCUT2D eigenvalue weighted by atomic mass is 10.1. The summed E-state index contributed by atoms with van der Waals surface area (Å²) in [4.78, 5) is 16.7. The van der Waals surface area contributed by atoms with E-state index < -0.39 is 0 Å². The number of carbonyl (C=O) groups excluding carboxylic acids is 1. The number of aromatic nitrogens is 4. The van der Waals surface area contributed by atoms with E-state index in [9.17, 15) is 4.79 Å². The van der Waals surface area contributed by atoms with Crippen molar-refractivity contribution in [3.8, 4) is 23.0 Å². The Labute approximate surface area is 184 Å². The Morgan fingerprint density at radius 3 is 2.38 bits per heavy atom. The number of amides is 1. The summed E-state index contributed by atoms with van der Waals surface area (Å²) in [5, 5.41) is 13.7. The minimum atomic E-state index is -0.256. The number of anilines is 1. The fourth-order valence-corrected chi connectivity index (χ4v) is 3.21. The maximum Gasteiger partial charge on any atom is 0.257 e. The highest BCUT2D eigenvalue weighted by Crippen LogP contribution is 2.24. The first-order chi connectivity index (χ1) is 15.5. The second-order valence-electron chi connectivity index (χ2n) is 7.18. The summed E-state index contributed by atoms with van der Waals surface area (Å²) in [6.45, 7) is 1.75. The molecule has 4 aromatic rings. The van der Waals surface area contributed by atoms with E-state index in [1.54, 1.807) is 45.4 Å². The van der Waals surface area contributed by atoms with Crippen molar-refractivity contribution in [3.63, 3.8) is 0 Å². The quantitative estimate of drug-likeness (QED) is 0.434. The van der Waals surface area contributed by atoms with E-state index in [2.05, 4.69) is 25.7 Å². The summed E-state index contributed by atoms with van der Waals surface area (Å²) < 4.78 is 15.8. The smallest absolute Gasteiger partial charge is 0.257 e. The number of hydrogen-bond acceptors (Lipinski definition) is 7. The SMILES string of the molecule is COc1cc(CCc2cc(NC(=O)c3ccc(-c4nc(C)no4)cc3)n[nH]2)cc(OC)c1. The molecule has 164 valence electrons. The van der Waals surface area contributed by atoms with E-state index >= 15 is 0 Å². The fourth-order valence-electron chi connectivity index (χ4n) is 3.21. The van der Waals surface area contributed by atoms with Gasteiger partial charge in [0.05, 0.1) is 14.2 Å². The normalized spacial score (nSPS) is 10.7. The van der Waals surface area contributed by atoms with Gasteiger partial charge in [-0.25, -0.2) is 0 Å². The minimum absolute atomic E-state index is 0.256. The highest BCUT2D eigenvalue weighted by atomic mass is 16.5. The van der Waals surface area contributed by atoms with E-state index in [1.165, 1.54) is 0 Å². The largest absolute Gasteiger partial charge is 0.497 e. The van der Waals surface area contributed by atoms with Crippen LogP contribution in [0, 0.1) is 6.92 Å². The molecule has 0 atom stereocenters. The van der Waals surface area contributed by atoms with Crippen molar-refractivity contribution >= 4 is 11.7 Å². The van der Waals surface area contributed by atoms with Crippen LogP contribution in [0.4, 0.5) is 5.82 Å². The first-order valence-corrected chi connectivity index (χ1v) is 10.0. The molecule has 2 N–H and O–H groups in total. The molecule has 32 heavy (non-hydrogen) atoms. The van der Waals surface area contributed by atoms with Gasteiger partial charge < -0.3 is 19.3 Å². The van der Waals surface area contributed by atoms with E-state index in [0.29, 0.717) is 23.1 Å². The van der Waals surface area contributed by atoms with E-state index in [4.69, 9.17) is 14.0 Å². The Kier molecular flexibility index (Phi) is 6.16. The molecule has 1 amide bonds. The third-order valence-electron chi connectivity index (χ3n) is 4.89. The van der Waals surface area contributed by atoms with Crippen LogP contribution in [0.3, 0.4) is 0 Å². The topological polar surface area (TPSA) is 115 Å². The Balaban J connectivity index is 1.36. The van der Waals surface area contributed by atoms with Crippen LogP contribution in [-0.4, -0.2) is 40.5 Å². The van der Waals surface area contributed by atoms with Gasteiger partial charge in [-0.3, -0.25) is 9.89 Å². The number of methoxy groups -OCH3 is 2. The van der Waals surface area contributed by atoms with Gasteiger partial charge in [0.25, 0.3) is 11.8 Å². The molecule has 0 saturated heterocycles. The summed E-state index contributed by atoms with van der Waals surface area (Å²) in [5.74, 6) is 2.68. The highest BCUT2D eigenvalue weighted by Gasteiger charge is 2.11. The Morgan fingerprint density at radius 1 is 1.03 bits per heavy atom. The van der Waals surface area contributed by atoms with Crippen molar-refractivity contribution in [1.29, 1.82) is 0 Å². The molecule has 2 heterocycles. The average Bonchev–Trinajstić information content (AvgIpc) is 3.46. The molecule has 2 aromatic carbocycles. The number of benzene rings is 2. The number of aryl methyl sites for hydroxylation is 3. The monoisotopic (exact) mass is 433 g/mol. The van der Waals surface area contributed by atoms with Crippen LogP contribution >= 0.6 is 0 Å². The standard InChI is InChI=1S/C23H23N5O4/c1-14-24-23(32-28-14)17-7-5-16(6-8-17)22(29)25-21-12-18(26-27-21)9-4-15-10-19(30-2)13-20(11-15)31-3/h5-8,10-13H,4,9H2,1-3H3,(H2,25,26,27,29). The van der Waals surface area contributed by atoms with Crippen molar-refractivity contribution in [2.24, 2.45) is 0 Å². The minimum Gasteiger partial charge on any atom is -0.497 e. The molecule has 0 unspecified atom stereocenters. The van der Waals surface area contributed by atoms with Crippen molar-refractivity contribution in [3.05, 3.63) is 71.2 Å². The molecule has 0 aliphatic carbocycles. The van der Waals surface area contributed by atoms with Crippen molar-refractivity contribution < 1.29 is 18.8 Å². The molecule has 0 bridgehead atoms. The summed E-state index contributed by atoms with van der Waals surface area (Å²) in [6, 6.07) is 14.5. The van der Waals surface area contributed by atoms with Crippen LogP contribution in [-0.2, 0) is 12.8 Å². The lowest BCUT2D eigenvalue weighted by Crippen LogP contribution is -2.11.